The minimum absolute atomic E-state index is 0.273. The summed E-state index contributed by atoms with van der Waals surface area (Å²) in [6.07, 6.45) is 8.41. The monoisotopic (exact) mass is 322 g/mol. The van der Waals surface area contributed by atoms with Crippen molar-refractivity contribution in [1.29, 1.82) is 0 Å². The maximum atomic E-state index is 11.5. The normalized spacial score (nSPS) is 21.8. The summed E-state index contributed by atoms with van der Waals surface area (Å²) in [7, 11) is 0. The number of hydrogen-bond acceptors (Lipinski definition) is 3. The lowest BCUT2D eigenvalue weighted by Crippen LogP contribution is -2.42. The van der Waals surface area contributed by atoms with Crippen LogP contribution >= 0.6 is 0 Å². The average Bonchev–Trinajstić information content (AvgIpc) is 2.63. The maximum absolute atomic E-state index is 11.5. The van der Waals surface area contributed by atoms with Gasteiger partial charge in [0.05, 0.1) is 5.92 Å². The van der Waals surface area contributed by atoms with E-state index in [1.54, 1.807) is 12.4 Å². The highest BCUT2D eigenvalue weighted by molar-refractivity contribution is 5.70. The number of likely N-dealkylation sites (tertiary alicyclic amines) is 1. The van der Waals surface area contributed by atoms with Crippen molar-refractivity contribution in [2.24, 2.45) is 5.92 Å². The van der Waals surface area contributed by atoms with Gasteiger partial charge in [0.15, 0.2) is 0 Å². The van der Waals surface area contributed by atoms with Crippen LogP contribution in [0.3, 0.4) is 0 Å². The van der Waals surface area contributed by atoms with Crippen molar-refractivity contribution in [3.63, 3.8) is 0 Å². The van der Waals surface area contributed by atoms with Crippen molar-refractivity contribution in [3.05, 3.63) is 72.1 Å². The summed E-state index contributed by atoms with van der Waals surface area (Å²) in [5.74, 6) is -0.729. The third-order valence-corrected chi connectivity index (χ3v) is 4.53. The summed E-state index contributed by atoms with van der Waals surface area (Å²) in [5.41, 5.74) is 2.34. The predicted octanol–water partition coefficient (Wildman–Crippen LogP) is 3.29. The topological polar surface area (TPSA) is 53.4 Å². The van der Waals surface area contributed by atoms with Crippen molar-refractivity contribution in [1.82, 2.24) is 9.88 Å². The molecule has 1 aromatic carbocycles. The highest BCUT2D eigenvalue weighted by atomic mass is 16.4. The highest BCUT2D eigenvalue weighted by Gasteiger charge is 2.31. The van der Waals surface area contributed by atoms with Gasteiger partial charge in [-0.1, -0.05) is 42.5 Å². The lowest BCUT2D eigenvalue weighted by Gasteiger charge is -2.35. The number of nitrogens with zero attached hydrogens (tertiary/aromatic N) is 2. The fraction of sp³-hybridized carbons (Fsp3) is 0.300. The Kier molecular flexibility index (Phi) is 5.39. The summed E-state index contributed by atoms with van der Waals surface area (Å²) >= 11 is 0. The number of carboxylic acid groups (broad SMARTS) is 1. The lowest BCUT2D eigenvalue weighted by atomic mass is 9.84. The van der Waals surface area contributed by atoms with E-state index in [1.165, 1.54) is 5.56 Å². The lowest BCUT2D eigenvalue weighted by molar-refractivity contribution is -0.143. The molecule has 0 bridgehead atoms. The summed E-state index contributed by atoms with van der Waals surface area (Å²) in [4.78, 5) is 17.8. The Hall–Kier alpha value is -2.46. The molecule has 2 aromatic rings. The minimum atomic E-state index is -0.696. The van der Waals surface area contributed by atoms with Crippen molar-refractivity contribution in [2.75, 3.05) is 19.6 Å². The van der Waals surface area contributed by atoms with E-state index in [0.29, 0.717) is 13.0 Å². The molecule has 4 heteroatoms. The van der Waals surface area contributed by atoms with Gasteiger partial charge in [-0.3, -0.25) is 14.7 Å². The number of rotatable bonds is 5. The Balaban J connectivity index is 1.67. The molecule has 1 aliphatic heterocycles. The van der Waals surface area contributed by atoms with Crippen LogP contribution in [-0.2, 0) is 4.79 Å². The summed E-state index contributed by atoms with van der Waals surface area (Å²) < 4.78 is 0. The molecule has 1 N–H and O–H groups in total. The quantitative estimate of drug-likeness (QED) is 0.918. The fourth-order valence-corrected chi connectivity index (χ4v) is 3.30. The molecular formula is C20H22N2O2. The molecule has 0 spiro atoms. The molecule has 0 radical (unpaired) electrons. The molecule has 2 unspecified atom stereocenters. The Morgan fingerprint density at radius 1 is 1.17 bits per heavy atom. The van der Waals surface area contributed by atoms with Crippen molar-refractivity contribution in [2.45, 2.75) is 12.3 Å². The number of aliphatic carboxylic acids is 1. The van der Waals surface area contributed by atoms with Gasteiger partial charge in [-0.2, -0.15) is 0 Å². The molecule has 0 aliphatic carbocycles. The van der Waals surface area contributed by atoms with E-state index >= 15 is 0 Å². The van der Waals surface area contributed by atoms with E-state index < -0.39 is 5.97 Å². The van der Waals surface area contributed by atoms with Crippen molar-refractivity contribution < 1.29 is 9.90 Å². The van der Waals surface area contributed by atoms with Crippen LogP contribution in [0.1, 0.15) is 23.5 Å². The van der Waals surface area contributed by atoms with Gasteiger partial charge >= 0.3 is 5.97 Å². The van der Waals surface area contributed by atoms with Crippen LogP contribution in [0.5, 0.6) is 0 Å². The van der Waals surface area contributed by atoms with Gasteiger partial charge in [0.1, 0.15) is 0 Å². The number of aromatic nitrogens is 1. The van der Waals surface area contributed by atoms with Gasteiger partial charge in [-0.05, 0) is 35.6 Å². The van der Waals surface area contributed by atoms with Crippen LogP contribution in [0.25, 0.3) is 6.08 Å². The molecule has 1 aliphatic rings. The SMILES string of the molecule is O=C(O)C1CC(c2ccccc2)CN(C/C=C/c2ccncc2)C1. The molecule has 3 rings (SSSR count). The van der Waals surface area contributed by atoms with Gasteiger partial charge in [-0.15, -0.1) is 0 Å². The first-order valence-electron chi connectivity index (χ1n) is 8.29. The van der Waals surface area contributed by atoms with E-state index in [9.17, 15) is 9.90 Å². The Labute approximate surface area is 142 Å². The van der Waals surface area contributed by atoms with E-state index in [-0.39, 0.29) is 11.8 Å². The number of pyridine rings is 1. The van der Waals surface area contributed by atoms with Gasteiger partial charge in [0.2, 0.25) is 0 Å². The zero-order valence-corrected chi connectivity index (χ0v) is 13.6. The van der Waals surface area contributed by atoms with Crippen molar-refractivity contribution >= 4 is 12.0 Å². The maximum Gasteiger partial charge on any atom is 0.307 e. The molecule has 0 amide bonds. The van der Waals surface area contributed by atoms with Gasteiger partial charge in [0.25, 0.3) is 0 Å². The smallest absolute Gasteiger partial charge is 0.307 e. The second-order valence-electron chi connectivity index (χ2n) is 6.28. The largest absolute Gasteiger partial charge is 0.481 e. The van der Waals surface area contributed by atoms with Gasteiger partial charge < -0.3 is 5.11 Å². The molecule has 1 saturated heterocycles. The van der Waals surface area contributed by atoms with E-state index in [1.807, 2.05) is 30.3 Å². The highest BCUT2D eigenvalue weighted by Crippen LogP contribution is 2.30. The summed E-state index contributed by atoms with van der Waals surface area (Å²) in [5, 5.41) is 9.47. The first kappa shape index (κ1) is 16.4. The molecule has 1 aromatic heterocycles. The summed E-state index contributed by atoms with van der Waals surface area (Å²) in [6, 6.07) is 14.1. The van der Waals surface area contributed by atoms with Crippen LogP contribution < -0.4 is 0 Å². The zero-order chi connectivity index (χ0) is 16.8. The van der Waals surface area contributed by atoms with Crippen LogP contribution in [0.15, 0.2) is 60.9 Å². The third-order valence-electron chi connectivity index (χ3n) is 4.53. The zero-order valence-electron chi connectivity index (χ0n) is 13.6. The van der Waals surface area contributed by atoms with Gasteiger partial charge in [-0.25, -0.2) is 0 Å². The number of carboxylic acids is 1. The van der Waals surface area contributed by atoms with Crippen LogP contribution in [-0.4, -0.2) is 40.6 Å². The molecule has 0 saturated carbocycles. The van der Waals surface area contributed by atoms with E-state index in [2.05, 4.69) is 34.2 Å². The molecule has 1 fully saturated rings. The Morgan fingerprint density at radius 2 is 1.92 bits per heavy atom. The van der Waals surface area contributed by atoms with Crippen LogP contribution in [0.4, 0.5) is 0 Å². The van der Waals surface area contributed by atoms with Crippen LogP contribution in [0, 0.1) is 5.92 Å². The molecule has 2 atom stereocenters. The second kappa shape index (κ2) is 7.88. The molecule has 2 heterocycles. The molecule has 4 nitrogen and oxygen atoms in total. The first-order valence-corrected chi connectivity index (χ1v) is 8.29. The number of benzene rings is 1. The van der Waals surface area contributed by atoms with E-state index in [0.717, 1.165) is 18.7 Å². The predicted molar refractivity (Wildman–Crippen MR) is 94.6 cm³/mol. The second-order valence-corrected chi connectivity index (χ2v) is 6.28. The number of carbonyl (C=O) groups is 1. The Morgan fingerprint density at radius 3 is 2.62 bits per heavy atom. The minimum Gasteiger partial charge on any atom is -0.481 e. The molecule has 124 valence electrons. The van der Waals surface area contributed by atoms with E-state index in [4.69, 9.17) is 0 Å². The number of piperidine rings is 1. The standard InChI is InChI=1S/C20H22N2O2/c23-20(24)19-13-18(17-6-2-1-3-7-17)14-22(15-19)12-4-5-16-8-10-21-11-9-16/h1-11,18-19H,12-15H2,(H,23,24)/b5-4+. The van der Waals surface area contributed by atoms with Gasteiger partial charge in [0, 0.05) is 32.0 Å². The third kappa shape index (κ3) is 4.30. The first-order chi connectivity index (χ1) is 11.7. The molecular weight excluding hydrogens is 300 g/mol. The van der Waals surface area contributed by atoms with Crippen LogP contribution in [0.2, 0.25) is 0 Å². The average molecular weight is 322 g/mol. The summed E-state index contributed by atoms with van der Waals surface area (Å²) in [6.45, 7) is 2.27. The van der Waals surface area contributed by atoms with Crippen molar-refractivity contribution in [3.8, 4) is 0 Å². The Bertz CT molecular complexity index is 685. The number of hydrogen-bond donors (Lipinski definition) is 1. The fourth-order valence-electron chi connectivity index (χ4n) is 3.30. The molecule has 24 heavy (non-hydrogen) atoms.